The molecule has 3 aromatic carbocycles. The second-order valence-corrected chi connectivity index (χ2v) is 10.4. The quantitative estimate of drug-likeness (QED) is 0.529. The lowest BCUT2D eigenvalue weighted by atomic mass is 9.84. The molecule has 35 heavy (non-hydrogen) atoms. The summed E-state index contributed by atoms with van der Waals surface area (Å²) < 4.78 is 0. The molecule has 0 aromatic heterocycles. The molecule has 3 aromatic rings. The van der Waals surface area contributed by atoms with Crippen LogP contribution in [0.3, 0.4) is 0 Å². The van der Waals surface area contributed by atoms with Gasteiger partial charge < -0.3 is 10.2 Å². The Balaban J connectivity index is 1.03. The van der Waals surface area contributed by atoms with E-state index in [-0.39, 0.29) is 5.91 Å². The van der Waals surface area contributed by atoms with Gasteiger partial charge in [0.2, 0.25) is 5.91 Å². The van der Waals surface area contributed by atoms with Crippen molar-refractivity contribution in [2.45, 2.75) is 57.4 Å². The molecule has 0 bridgehead atoms. The van der Waals surface area contributed by atoms with Crippen LogP contribution < -0.4 is 5.32 Å². The van der Waals surface area contributed by atoms with Crippen molar-refractivity contribution in [3.63, 3.8) is 0 Å². The van der Waals surface area contributed by atoms with Crippen molar-refractivity contribution < 1.29 is 4.79 Å². The number of nitrogens with zero attached hydrogens (tertiary/aromatic N) is 2. The number of hydrogen-bond acceptors (Lipinski definition) is 3. The Morgan fingerprint density at radius 2 is 1.69 bits per heavy atom. The molecule has 1 amide bonds. The van der Waals surface area contributed by atoms with Gasteiger partial charge in [0, 0.05) is 19.1 Å². The molecule has 4 nitrogen and oxygen atoms in total. The second kappa shape index (κ2) is 11.1. The van der Waals surface area contributed by atoms with E-state index >= 15 is 0 Å². The molecule has 4 heteroatoms. The summed E-state index contributed by atoms with van der Waals surface area (Å²) in [5.41, 5.74) is 4.62. The summed E-state index contributed by atoms with van der Waals surface area (Å²) in [7, 11) is 0. The van der Waals surface area contributed by atoms with E-state index in [0.29, 0.717) is 12.5 Å². The molecule has 1 fully saturated rings. The highest BCUT2D eigenvalue weighted by Crippen LogP contribution is 2.28. The molecule has 1 aliphatic carbocycles. The van der Waals surface area contributed by atoms with Crippen LogP contribution in [0.2, 0.25) is 0 Å². The molecule has 0 unspecified atom stereocenters. The van der Waals surface area contributed by atoms with Gasteiger partial charge in [-0.2, -0.15) is 5.26 Å². The van der Waals surface area contributed by atoms with Crippen molar-refractivity contribution in [3.8, 4) is 6.07 Å². The van der Waals surface area contributed by atoms with Gasteiger partial charge in [-0.25, -0.2) is 0 Å². The molecule has 2 aliphatic rings. The highest BCUT2D eigenvalue weighted by atomic mass is 16.1. The Morgan fingerprint density at radius 3 is 2.49 bits per heavy atom. The maximum Gasteiger partial charge on any atom is 0.224 e. The van der Waals surface area contributed by atoms with Crippen LogP contribution in [0, 0.1) is 17.2 Å². The molecule has 0 radical (unpaired) electrons. The molecule has 0 atom stereocenters. The van der Waals surface area contributed by atoms with Gasteiger partial charge in [0.15, 0.2) is 0 Å². The van der Waals surface area contributed by atoms with Gasteiger partial charge in [-0.1, -0.05) is 48.5 Å². The molecule has 5 rings (SSSR count). The minimum absolute atomic E-state index is 0.146. The summed E-state index contributed by atoms with van der Waals surface area (Å²) in [4.78, 5) is 15.3. The summed E-state index contributed by atoms with van der Waals surface area (Å²) in [6.45, 7) is 3.35. The number of hydrogen-bond donors (Lipinski definition) is 1. The van der Waals surface area contributed by atoms with Gasteiger partial charge in [0.25, 0.3) is 0 Å². The van der Waals surface area contributed by atoms with Crippen LogP contribution in [0.5, 0.6) is 0 Å². The van der Waals surface area contributed by atoms with Crippen molar-refractivity contribution in [3.05, 3.63) is 82.9 Å². The van der Waals surface area contributed by atoms with Crippen LogP contribution >= 0.6 is 0 Å². The van der Waals surface area contributed by atoms with Crippen LogP contribution in [0.4, 0.5) is 0 Å². The van der Waals surface area contributed by atoms with Gasteiger partial charge >= 0.3 is 0 Å². The minimum atomic E-state index is 0.146. The van der Waals surface area contributed by atoms with Crippen LogP contribution in [-0.4, -0.2) is 36.5 Å². The normalized spacial score (nSPS) is 20.5. The Labute approximate surface area is 208 Å². The van der Waals surface area contributed by atoms with Crippen molar-refractivity contribution in [2.75, 3.05) is 19.6 Å². The third-order valence-corrected chi connectivity index (χ3v) is 7.97. The average molecular weight is 466 g/mol. The molecular formula is C31H35N3O. The predicted molar refractivity (Wildman–Crippen MR) is 141 cm³/mol. The number of nitrogens with one attached hydrogen (secondary N) is 1. The number of nitriles is 1. The molecule has 0 spiro atoms. The minimum Gasteiger partial charge on any atom is -0.353 e. The maximum absolute atomic E-state index is 12.7. The van der Waals surface area contributed by atoms with Crippen molar-refractivity contribution in [1.82, 2.24) is 10.2 Å². The number of benzene rings is 3. The van der Waals surface area contributed by atoms with Crippen LogP contribution in [-0.2, 0) is 24.1 Å². The van der Waals surface area contributed by atoms with E-state index in [9.17, 15) is 10.1 Å². The Hall–Kier alpha value is -3.16. The molecule has 1 heterocycles. The summed E-state index contributed by atoms with van der Waals surface area (Å²) in [5.74, 6) is 0.909. The maximum atomic E-state index is 12.7. The number of fused-ring (bicyclic) bond motifs is 2. The summed E-state index contributed by atoms with van der Waals surface area (Å²) in [6, 6.07) is 23.4. The molecular weight excluding hydrogens is 430 g/mol. The second-order valence-electron chi connectivity index (χ2n) is 10.4. The highest BCUT2D eigenvalue weighted by Gasteiger charge is 2.23. The lowest BCUT2D eigenvalue weighted by molar-refractivity contribution is -0.121. The van der Waals surface area contributed by atoms with E-state index in [0.717, 1.165) is 62.4 Å². The first-order valence-corrected chi connectivity index (χ1v) is 13.2. The smallest absolute Gasteiger partial charge is 0.224 e. The lowest BCUT2D eigenvalue weighted by Crippen LogP contribution is -2.39. The summed E-state index contributed by atoms with van der Waals surface area (Å²) >= 11 is 0. The highest BCUT2D eigenvalue weighted by molar-refractivity contribution is 5.85. The monoisotopic (exact) mass is 465 g/mol. The summed E-state index contributed by atoms with van der Waals surface area (Å²) in [5, 5.41) is 14.9. The number of rotatable bonds is 6. The van der Waals surface area contributed by atoms with E-state index in [4.69, 9.17) is 0 Å². The van der Waals surface area contributed by atoms with Crippen LogP contribution in [0.25, 0.3) is 10.8 Å². The van der Waals surface area contributed by atoms with E-state index < -0.39 is 0 Å². The van der Waals surface area contributed by atoms with Gasteiger partial charge in [0.1, 0.15) is 0 Å². The molecule has 180 valence electrons. The molecule has 1 aliphatic heterocycles. The van der Waals surface area contributed by atoms with Crippen LogP contribution in [0.1, 0.15) is 54.4 Å². The van der Waals surface area contributed by atoms with Gasteiger partial charge in [0.05, 0.1) is 18.1 Å². The number of carbonyl (C=O) groups is 1. The predicted octanol–water partition coefficient (Wildman–Crippen LogP) is 5.42. The fraction of sp³-hybridized carbons (Fsp3) is 0.419. The van der Waals surface area contributed by atoms with E-state index in [1.165, 1.54) is 41.2 Å². The zero-order chi connectivity index (χ0) is 24.0. The van der Waals surface area contributed by atoms with E-state index in [1.54, 1.807) is 0 Å². The van der Waals surface area contributed by atoms with Crippen molar-refractivity contribution >= 4 is 16.7 Å². The topological polar surface area (TPSA) is 56.1 Å². The first-order chi connectivity index (χ1) is 17.2. The Bertz CT molecular complexity index is 1220. The molecule has 0 saturated heterocycles. The van der Waals surface area contributed by atoms with Gasteiger partial charge in [-0.05, 0) is 97.0 Å². The third-order valence-electron chi connectivity index (χ3n) is 7.97. The van der Waals surface area contributed by atoms with Crippen molar-refractivity contribution in [1.29, 1.82) is 5.26 Å². The van der Waals surface area contributed by atoms with Crippen LogP contribution in [0.15, 0.2) is 60.7 Å². The Morgan fingerprint density at radius 1 is 0.914 bits per heavy atom. The SMILES string of the molecule is N#Cc1ccc2c(c1)CCN(CCC1CCC(NC(=O)Cc3ccc4ccccc4c3)CC1)CC2. The number of amides is 1. The fourth-order valence-corrected chi connectivity index (χ4v) is 5.84. The van der Waals surface area contributed by atoms with Crippen molar-refractivity contribution in [2.24, 2.45) is 5.92 Å². The molecule has 1 N–H and O–H groups in total. The van der Waals surface area contributed by atoms with Gasteiger partial charge in [-0.3, -0.25) is 4.79 Å². The van der Waals surface area contributed by atoms with Gasteiger partial charge in [-0.15, -0.1) is 0 Å². The third kappa shape index (κ3) is 6.10. The standard InChI is InChI=1S/C31H35N3O/c32-22-25-6-10-27-14-17-34(18-15-29(27)20-25)16-13-23-7-11-30(12-8-23)33-31(35)21-24-5-9-26-3-1-2-4-28(26)19-24/h1-6,9-10,19-20,23,30H,7-8,11-18,21H2,(H,33,35). The zero-order valence-corrected chi connectivity index (χ0v) is 20.5. The first-order valence-electron chi connectivity index (χ1n) is 13.2. The fourth-order valence-electron chi connectivity index (χ4n) is 5.84. The summed E-state index contributed by atoms with van der Waals surface area (Å²) in [6.07, 6.45) is 8.43. The van der Waals surface area contributed by atoms with E-state index in [2.05, 4.69) is 58.8 Å². The molecule has 1 saturated carbocycles. The zero-order valence-electron chi connectivity index (χ0n) is 20.5. The largest absolute Gasteiger partial charge is 0.353 e. The van der Waals surface area contributed by atoms with E-state index in [1.807, 2.05) is 18.2 Å². The number of carbonyl (C=O) groups excluding carboxylic acids is 1. The Kier molecular flexibility index (Phi) is 7.45. The first kappa shape index (κ1) is 23.6. The average Bonchev–Trinajstić information content (AvgIpc) is 3.10. The lowest BCUT2D eigenvalue weighted by Gasteiger charge is -2.30.